The highest BCUT2D eigenvalue weighted by atomic mass is 35.5. The van der Waals surface area contributed by atoms with Gasteiger partial charge in [0.15, 0.2) is 0 Å². The molecule has 1 heterocycles. The van der Waals surface area contributed by atoms with Gasteiger partial charge in [0.05, 0.1) is 5.02 Å². The van der Waals surface area contributed by atoms with E-state index in [0.717, 1.165) is 29.1 Å². The van der Waals surface area contributed by atoms with Gasteiger partial charge < -0.3 is 5.32 Å². The number of benzene rings is 1. The average Bonchev–Trinajstić information content (AvgIpc) is 2.45. The molecule has 82 valence electrons. The summed E-state index contributed by atoms with van der Waals surface area (Å²) in [6, 6.07) is 3.84. The van der Waals surface area contributed by atoms with Crippen molar-refractivity contribution in [1.82, 2.24) is 5.32 Å². The number of rotatable bonds is 1. The van der Waals surface area contributed by atoms with Gasteiger partial charge in [-0.25, -0.2) is 4.39 Å². The lowest BCUT2D eigenvalue weighted by atomic mass is 9.99. The summed E-state index contributed by atoms with van der Waals surface area (Å²) in [5.41, 5.74) is 1.83. The molecular formula is C11H13ClFNS. The van der Waals surface area contributed by atoms with Crippen LogP contribution in [0.4, 0.5) is 4.39 Å². The third-order valence-corrected chi connectivity index (χ3v) is 4.06. The van der Waals surface area contributed by atoms with Gasteiger partial charge in [0.1, 0.15) is 5.82 Å². The third kappa shape index (κ3) is 2.14. The molecular weight excluding hydrogens is 233 g/mol. The Balaban J connectivity index is 2.49. The van der Waals surface area contributed by atoms with E-state index in [2.05, 4.69) is 5.32 Å². The van der Waals surface area contributed by atoms with Crippen molar-refractivity contribution >= 4 is 23.4 Å². The fourth-order valence-corrected chi connectivity index (χ4v) is 3.13. The molecule has 1 aromatic rings. The first-order valence-electron chi connectivity index (χ1n) is 4.96. The Hall–Kier alpha value is -0.250. The van der Waals surface area contributed by atoms with Gasteiger partial charge in [-0.1, -0.05) is 17.7 Å². The third-order valence-electron chi connectivity index (χ3n) is 2.75. The first-order chi connectivity index (χ1) is 7.24. The molecule has 0 saturated heterocycles. The molecule has 1 atom stereocenters. The van der Waals surface area contributed by atoms with Crippen LogP contribution in [0, 0.1) is 5.82 Å². The van der Waals surface area contributed by atoms with Gasteiger partial charge in [-0.05, 0) is 30.9 Å². The highest BCUT2D eigenvalue weighted by Gasteiger charge is 2.21. The SMILES string of the molecule is CNC1CCSCc2c1ccc(Cl)c2F. The number of hydrogen-bond acceptors (Lipinski definition) is 2. The minimum absolute atomic E-state index is 0.228. The summed E-state index contributed by atoms with van der Waals surface area (Å²) in [4.78, 5) is 0. The van der Waals surface area contributed by atoms with Crippen LogP contribution in [0.2, 0.25) is 5.02 Å². The molecule has 1 aromatic carbocycles. The van der Waals surface area contributed by atoms with Crippen molar-refractivity contribution in [2.75, 3.05) is 12.8 Å². The molecule has 1 aliphatic rings. The van der Waals surface area contributed by atoms with E-state index in [1.54, 1.807) is 17.8 Å². The van der Waals surface area contributed by atoms with Gasteiger partial charge in [0.2, 0.25) is 0 Å². The zero-order valence-electron chi connectivity index (χ0n) is 8.52. The van der Waals surface area contributed by atoms with Gasteiger partial charge in [0.25, 0.3) is 0 Å². The lowest BCUT2D eigenvalue weighted by molar-refractivity contribution is 0.565. The molecule has 0 saturated carbocycles. The fraction of sp³-hybridized carbons (Fsp3) is 0.455. The minimum Gasteiger partial charge on any atom is -0.313 e. The summed E-state index contributed by atoms with van der Waals surface area (Å²) in [6.07, 6.45) is 1.04. The van der Waals surface area contributed by atoms with Crippen LogP contribution in [0.15, 0.2) is 12.1 Å². The molecule has 4 heteroatoms. The normalized spacial score (nSPS) is 20.9. The topological polar surface area (TPSA) is 12.0 Å². The van der Waals surface area contributed by atoms with E-state index in [4.69, 9.17) is 11.6 Å². The molecule has 1 aliphatic heterocycles. The summed E-state index contributed by atoms with van der Waals surface area (Å²) < 4.78 is 13.8. The molecule has 0 bridgehead atoms. The van der Waals surface area contributed by atoms with Gasteiger partial charge in [-0.3, -0.25) is 0 Å². The maximum atomic E-state index is 13.8. The van der Waals surface area contributed by atoms with E-state index in [9.17, 15) is 4.39 Å². The average molecular weight is 246 g/mol. The summed E-state index contributed by atoms with van der Waals surface area (Å²) in [6.45, 7) is 0. The summed E-state index contributed by atoms with van der Waals surface area (Å²) in [5, 5.41) is 3.45. The Morgan fingerprint density at radius 1 is 1.53 bits per heavy atom. The van der Waals surface area contributed by atoms with Crippen LogP contribution >= 0.6 is 23.4 Å². The van der Waals surface area contributed by atoms with E-state index in [1.807, 2.05) is 13.1 Å². The summed E-state index contributed by atoms with van der Waals surface area (Å²) in [5.74, 6) is 1.53. The van der Waals surface area contributed by atoms with Gasteiger partial charge in [-0.2, -0.15) is 11.8 Å². The quantitative estimate of drug-likeness (QED) is 0.814. The maximum absolute atomic E-state index is 13.8. The van der Waals surface area contributed by atoms with Gasteiger partial charge in [-0.15, -0.1) is 0 Å². The zero-order chi connectivity index (χ0) is 10.8. The predicted octanol–water partition coefficient (Wildman–Crippen LogP) is 3.38. The second-order valence-corrected chi connectivity index (χ2v) is 5.12. The Bertz CT molecular complexity index is 370. The number of hydrogen-bond donors (Lipinski definition) is 1. The summed E-state index contributed by atoms with van der Waals surface area (Å²) >= 11 is 7.55. The zero-order valence-corrected chi connectivity index (χ0v) is 10.1. The van der Waals surface area contributed by atoms with Crippen LogP contribution < -0.4 is 5.32 Å². The Labute approximate surface area is 98.4 Å². The van der Waals surface area contributed by atoms with Crippen molar-refractivity contribution in [1.29, 1.82) is 0 Å². The molecule has 1 unspecified atom stereocenters. The molecule has 1 N–H and O–H groups in total. The van der Waals surface area contributed by atoms with Crippen LogP contribution in [0.25, 0.3) is 0 Å². The van der Waals surface area contributed by atoms with E-state index in [1.165, 1.54) is 0 Å². The lowest BCUT2D eigenvalue weighted by Crippen LogP contribution is -2.17. The first-order valence-corrected chi connectivity index (χ1v) is 6.49. The standard InChI is InChI=1S/C11H13ClFNS/c1-14-10-4-5-15-6-8-7(10)2-3-9(12)11(8)13/h2-3,10,14H,4-6H2,1H3. The first kappa shape index (κ1) is 11.2. The molecule has 1 nitrogen and oxygen atoms in total. The molecule has 0 amide bonds. The molecule has 2 rings (SSSR count). The largest absolute Gasteiger partial charge is 0.313 e. The van der Waals surface area contributed by atoms with Crippen LogP contribution in [-0.2, 0) is 5.75 Å². The Kier molecular flexibility index (Phi) is 3.54. The van der Waals surface area contributed by atoms with Crippen molar-refractivity contribution in [3.63, 3.8) is 0 Å². The maximum Gasteiger partial charge on any atom is 0.146 e. The van der Waals surface area contributed by atoms with Gasteiger partial charge >= 0.3 is 0 Å². The van der Waals surface area contributed by atoms with Crippen molar-refractivity contribution in [3.8, 4) is 0 Å². The van der Waals surface area contributed by atoms with Gasteiger partial charge in [0, 0.05) is 17.4 Å². The van der Waals surface area contributed by atoms with Crippen molar-refractivity contribution < 1.29 is 4.39 Å². The second kappa shape index (κ2) is 4.73. The van der Waals surface area contributed by atoms with Crippen molar-refractivity contribution in [3.05, 3.63) is 34.1 Å². The minimum atomic E-state index is -0.246. The molecule has 0 radical (unpaired) electrons. The molecule has 0 fully saturated rings. The highest BCUT2D eigenvalue weighted by Crippen LogP contribution is 2.34. The molecule has 15 heavy (non-hydrogen) atoms. The Morgan fingerprint density at radius 2 is 2.33 bits per heavy atom. The Morgan fingerprint density at radius 3 is 3.07 bits per heavy atom. The molecule has 0 aliphatic carbocycles. The number of thioether (sulfide) groups is 1. The number of halogens is 2. The van der Waals surface area contributed by atoms with Crippen molar-refractivity contribution in [2.45, 2.75) is 18.2 Å². The van der Waals surface area contributed by atoms with E-state index in [-0.39, 0.29) is 16.9 Å². The smallest absolute Gasteiger partial charge is 0.146 e. The van der Waals surface area contributed by atoms with E-state index in [0.29, 0.717) is 0 Å². The fourth-order valence-electron chi connectivity index (χ4n) is 1.91. The van der Waals surface area contributed by atoms with Crippen LogP contribution in [0.3, 0.4) is 0 Å². The molecule has 0 spiro atoms. The predicted molar refractivity (Wildman–Crippen MR) is 64.0 cm³/mol. The van der Waals surface area contributed by atoms with Crippen LogP contribution in [0.1, 0.15) is 23.6 Å². The molecule has 0 aromatic heterocycles. The van der Waals surface area contributed by atoms with Crippen LogP contribution in [-0.4, -0.2) is 12.8 Å². The summed E-state index contributed by atoms with van der Waals surface area (Å²) in [7, 11) is 1.91. The van der Waals surface area contributed by atoms with E-state index < -0.39 is 0 Å². The van der Waals surface area contributed by atoms with Crippen molar-refractivity contribution in [2.24, 2.45) is 0 Å². The monoisotopic (exact) mass is 245 g/mol. The second-order valence-electron chi connectivity index (χ2n) is 3.61. The van der Waals surface area contributed by atoms with Crippen LogP contribution in [0.5, 0.6) is 0 Å². The number of nitrogens with one attached hydrogen (secondary N) is 1. The lowest BCUT2D eigenvalue weighted by Gasteiger charge is -2.17. The number of fused-ring (bicyclic) bond motifs is 1. The highest BCUT2D eigenvalue weighted by molar-refractivity contribution is 7.98. The van der Waals surface area contributed by atoms with E-state index >= 15 is 0 Å².